The highest BCUT2D eigenvalue weighted by molar-refractivity contribution is 5.77. The lowest BCUT2D eigenvalue weighted by Crippen LogP contribution is -2.29. The van der Waals surface area contributed by atoms with E-state index in [0.717, 1.165) is 29.8 Å². The molecule has 0 saturated carbocycles. The van der Waals surface area contributed by atoms with Crippen LogP contribution in [-0.4, -0.2) is 34.0 Å². The fourth-order valence-corrected chi connectivity index (χ4v) is 3.38. The van der Waals surface area contributed by atoms with Crippen LogP contribution in [0.4, 0.5) is 4.39 Å². The summed E-state index contributed by atoms with van der Waals surface area (Å²) in [5.41, 5.74) is 2.01. The minimum Gasteiger partial charge on any atom is -0.346 e. The van der Waals surface area contributed by atoms with Crippen LogP contribution >= 0.6 is 0 Å². The molecule has 0 bridgehead atoms. The summed E-state index contributed by atoms with van der Waals surface area (Å²) in [6.45, 7) is 0.677. The van der Waals surface area contributed by atoms with Gasteiger partial charge < -0.3 is 9.47 Å². The summed E-state index contributed by atoms with van der Waals surface area (Å²) in [5.74, 6) is 0.743. The maximum Gasteiger partial charge on any atom is 0.223 e. The molecule has 1 amide bonds. The molecule has 0 aliphatic heterocycles. The molecule has 28 heavy (non-hydrogen) atoms. The van der Waals surface area contributed by atoms with Crippen molar-refractivity contribution in [1.82, 2.24) is 14.5 Å². The number of rotatable bonds is 8. The Kier molecular flexibility index (Phi) is 6.58. The number of hydrogen-bond acceptors (Lipinski definition) is 2. The van der Waals surface area contributed by atoms with Gasteiger partial charge in [-0.05, 0) is 29.7 Å². The minimum absolute atomic E-state index is 0.0815. The maximum absolute atomic E-state index is 13.3. The van der Waals surface area contributed by atoms with Gasteiger partial charge in [0.25, 0.3) is 0 Å². The third kappa shape index (κ3) is 5.06. The summed E-state index contributed by atoms with van der Waals surface area (Å²) in [6.07, 6.45) is 5.77. The van der Waals surface area contributed by atoms with Crippen LogP contribution in [0.5, 0.6) is 0 Å². The largest absolute Gasteiger partial charge is 0.346 e. The number of carbonyl (C=O) groups is 1. The molecule has 0 radical (unpaired) electrons. The van der Waals surface area contributed by atoms with Gasteiger partial charge in [0.05, 0.1) is 0 Å². The van der Waals surface area contributed by atoms with E-state index < -0.39 is 0 Å². The van der Waals surface area contributed by atoms with Crippen LogP contribution in [0.2, 0.25) is 0 Å². The van der Waals surface area contributed by atoms with Gasteiger partial charge in [0.1, 0.15) is 11.6 Å². The van der Waals surface area contributed by atoms with Crippen molar-refractivity contribution >= 4 is 5.91 Å². The number of imidazole rings is 1. The third-order valence-corrected chi connectivity index (χ3v) is 5.09. The number of halogens is 1. The summed E-state index contributed by atoms with van der Waals surface area (Å²) in [4.78, 5) is 19.0. The smallest absolute Gasteiger partial charge is 0.223 e. The summed E-state index contributed by atoms with van der Waals surface area (Å²) in [7, 11) is 3.82. The summed E-state index contributed by atoms with van der Waals surface area (Å²) >= 11 is 0. The molecule has 3 rings (SSSR count). The Hall–Kier alpha value is -2.95. The first-order valence-corrected chi connectivity index (χ1v) is 9.55. The van der Waals surface area contributed by atoms with Gasteiger partial charge in [-0.1, -0.05) is 42.5 Å². The minimum atomic E-state index is -0.270. The normalized spacial score (nSPS) is 12.0. The molecule has 0 aliphatic carbocycles. The van der Waals surface area contributed by atoms with Crippen LogP contribution in [0.15, 0.2) is 67.0 Å². The number of carbonyl (C=O) groups excluding carboxylic acids is 1. The Bertz CT molecular complexity index is 890. The van der Waals surface area contributed by atoms with Crippen LogP contribution in [0.25, 0.3) is 0 Å². The molecule has 0 spiro atoms. The molecule has 0 saturated heterocycles. The number of benzene rings is 2. The van der Waals surface area contributed by atoms with E-state index >= 15 is 0 Å². The van der Waals surface area contributed by atoms with Crippen molar-refractivity contribution in [3.8, 4) is 0 Å². The van der Waals surface area contributed by atoms with Gasteiger partial charge in [-0.25, -0.2) is 9.37 Å². The molecule has 146 valence electrons. The number of aromatic nitrogens is 2. The monoisotopic (exact) mass is 379 g/mol. The van der Waals surface area contributed by atoms with Crippen molar-refractivity contribution < 1.29 is 9.18 Å². The van der Waals surface area contributed by atoms with Crippen LogP contribution in [0.1, 0.15) is 35.7 Å². The Balaban J connectivity index is 1.65. The van der Waals surface area contributed by atoms with E-state index in [1.165, 1.54) is 12.1 Å². The SMILES string of the molecule is CN(CCCc1nccn1C)C(=O)C[C@H](c1ccccc1)c1ccc(F)cc1. The number of aryl methyl sites for hydroxylation is 2. The molecule has 5 heteroatoms. The first kappa shape index (κ1) is 19.8. The predicted molar refractivity (Wildman–Crippen MR) is 108 cm³/mol. The fourth-order valence-electron chi connectivity index (χ4n) is 3.38. The second-order valence-corrected chi connectivity index (χ2v) is 7.09. The lowest BCUT2D eigenvalue weighted by molar-refractivity contribution is -0.130. The number of nitrogens with zero attached hydrogens (tertiary/aromatic N) is 3. The van der Waals surface area contributed by atoms with E-state index in [0.29, 0.717) is 13.0 Å². The van der Waals surface area contributed by atoms with Gasteiger partial charge in [0, 0.05) is 51.8 Å². The van der Waals surface area contributed by atoms with E-state index in [-0.39, 0.29) is 17.6 Å². The van der Waals surface area contributed by atoms with Crippen LogP contribution in [0.3, 0.4) is 0 Å². The summed E-state index contributed by atoms with van der Waals surface area (Å²) in [5, 5.41) is 0. The quantitative estimate of drug-likeness (QED) is 0.589. The Morgan fingerprint density at radius 1 is 1.11 bits per heavy atom. The Morgan fingerprint density at radius 3 is 2.43 bits per heavy atom. The molecule has 0 fully saturated rings. The highest BCUT2D eigenvalue weighted by Gasteiger charge is 2.20. The van der Waals surface area contributed by atoms with E-state index in [9.17, 15) is 9.18 Å². The molecule has 1 aromatic heterocycles. The molecule has 0 unspecified atom stereocenters. The molecule has 4 nitrogen and oxygen atoms in total. The average Bonchev–Trinajstić information content (AvgIpc) is 3.12. The third-order valence-electron chi connectivity index (χ3n) is 5.09. The number of amides is 1. The van der Waals surface area contributed by atoms with Gasteiger partial charge >= 0.3 is 0 Å². The average molecular weight is 379 g/mol. The molecular weight excluding hydrogens is 353 g/mol. The fraction of sp³-hybridized carbons (Fsp3) is 0.304. The maximum atomic E-state index is 13.3. The van der Waals surface area contributed by atoms with Crippen molar-refractivity contribution in [2.24, 2.45) is 7.05 Å². The molecule has 3 aromatic rings. The van der Waals surface area contributed by atoms with Crippen molar-refractivity contribution in [1.29, 1.82) is 0 Å². The first-order valence-electron chi connectivity index (χ1n) is 9.55. The van der Waals surface area contributed by atoms with Crippen LogP contribution in [-0.2, 0) is 18.3 Å². The summed E-state index contributed by atoms with van der Waals surface area (Å²) < 4.78 is 15.3. The van der Waals surface area contributed by atoms with Gasteiger partial charge in [0.2, 0.25) is 5.91 Å². The zero-order valence-corrected chi connectivity index (χ0v) is 16.4. The Morgan fingerprint density at radius 2 is 1.79 bits per heavy atom. The number of hydrogen-bond donors (Lipinski definition) is 0. The predicted octanol–water partition coefficient (Wildman–Crippen LogP) is 4.17. The van der Waals surface area contributed by atoms with Crippen LogP contribution in [0, 0.1) is 5.82 Å². The standard InChI is InChI=1S/C23H26FN3O/c1-26-16-14-25-22(26)9-6-15-27(2)23(28)17-21(18-7-4-3-5-8-18)19-10-12-20(24)13-11-19/h3-5,7-8,10-14,16,21H,6,9,15,17H2,1-2H3/t21-/m1/s1. The van der Waals surface area contributed by atoms with Crippen molar-refractivity contribution in [3.05, 3.63) is 89.8 Å². The zero-order valence-electron chi connectivity index (χ0n) is 16.4. The second kappa shape index (κ2) is 9.31. The van der Waals surface area contributed by atoms with Crippen molar-refractivity contribution in [2.45, 2.75) is 25.2 Å². The van der Waals surface area contributed by atoms with Crippen molar-refractivity contribution in [2.75, 3.05) is 13.6 Å². The molecule has 0 aliphatic rings. The lowest BCUT2D eigenvalue weighted by Gasteiger charge is -2.22. The van der Waals surface area contributed by atoms with E-state index in [4.69, 9.17) is 0 Å². The van der Waals surface area contributed by atoms with Gasteiger partial charge in [-0.15, -0.1) is 0 Å². The highest BCUT2D eigenvalue weighted by atomic mass is 19.1. The first-order chi connectivity index (χ1) is 13.5. The van der Waals surface area contributed by atoms with Crippen molar-refractivity contribution in [3.63, 3.8) is 0 Å². The molecule has 0 N–H and O–H groups in total. The van der Waals surface area contributed by atoms with E-state index in [1.54, 1.807) is 23.2 Å². The second-order valence-electron chi connectivity index (χ2n) is 7.09. The van der Waals surface area contributed by atoms with E-state index in [2.05, 4.69) is 4.98 Å². The Labute approximate surface area is 165 Å². The molecule has 1 atom stereocenters. The lowest BCUT2D eigenvalue weighted by atomic mass is 9.88. The highest BCUT2D eigenvalue weighted by Crippen LogP contribution is 2.28. The molecule has 2 aromatic carbocycles. The molecular formula is C23H26FN3O. The topological polar surface area (TPSA) is 38.1 Å². The zero-order chi connectivity index (χ0) is 19.9. The summed E-state index contributed by atoms with van der Waals surface area (Å²) in [6, 6.07) is 16.3. The van der Waals surface area contributed by atoms with Crippen LogP contribution < -0.4 is 0 Å². The van der Waals surface area contributed by atoms with Gasteiger partial charge in [-0.2, -0.15) is 0 Å². The van der Waals surface area contributed by atoms with E-state index in [1.807, 2.05) is 55.2 Å². The van der Waals surface area contributed by atoms with Gasteiger partial charge in [0.15, 0.2) is 0 Å². The van der Waals surface area contributed by atoms with Gasteiger partial charge in [-0.3, -0.25) is 4.79 Å². The molecule has 1 heterocycles.